The lowest BCUT2D eigenvalue weighted by Gasteiger charge is -2.35. The monoisotopic (exact) mass is 414 g/mol. The lowest BCUT2D eigenvalue weighted by Crippen LogP contribution is -2.41. The number of β-amino-alcohol motifs (C(OH)–C–C–N with tert-alkyl or cyclic N) is 1. The van der Waals surface area contributed by atoms with Crippen molar-refractivity contribution < 1.29 is 23.8 Å². The molecule has 0 saturated carbocycles. The molecular formula is C19H19FN6O4. The van der Waals surface area contributed by atoms with Crippen molar-refractivity contribution >= 4 is 17.4 Å². The Bertz CT molecular complexity index is 1140. The second kappa shape index (κ2) is 7.10. The SMILES string of the molecule is C[C@@H]1COc2cn3ncc4c3nc2N1Cc1cc(F)cnc1OC[C@@H](O)CNC4=O. The molecule has 1 amide bonds. The number of aromatic nitrogens is 4. The summed E-state index contributed by atoms with van der Waals surface area (Å²) in [5.74, 6) is 0.331. The third-order valence-corrected chi connectivity index (χ3v) is 5.11. The zero-order chi connectivity index (χ0) is 20.8. The minimum atomic E-state index is -0.976. The highest BCUT2D eigenvalue weighted by atomic mass is 19.1. The molecule has 2 N–H and O–H groups in total. The van der Waals surface area contributed by atoms with Crippen molar-refractivity contribution in [3.05, 3.63) is 41.6 Å². The standard InChI is InChI=1S/C19H19FN6O4/c1-10-8-29-15-7-26-16-14(5-23-26)18(28)21-4-13(27)9-30-19-11(2-12(20)3-22-19)6-25(10)17(15)24-16/h2-3,5,7,10,13,27H,4,6,8-9H2,1H3,(H,21,28)/t10-,13+/m1/s1. The molecule has 2 aliphatic heterocycles. The number of carbonyl (C=O) groups excluding carboxylic acids is 1. The number of pyridine rings is 1. The van der Waals surface area contributed by atoms with Gasteiger partial charge in [-0.25, -0.2) is 18.9 Å². The number of fused-ring (bicyclic) bond motifs is 1. The quantitative estimate of drug-likeness (QED) is 0.548. The first-order valence-corrected chi connectivity index (χ1v) is 9.51. The Morgan fingerprint density at radius 2 is 2.17 bits per heavy atom. The predicted molar refractivity (Wildman–Crippen MR) is 102 cm³/mol. The van der Waals surface area contributed by atoms with E-state index in [0.29, 0.717) is 29.4 Å². The lowest BCUT2D eigenvalue weighted by atomic mass is 10.1. The maximum atomic E-state index is 13.9. The van der Waals surface area contributed by atoms with E-state index in [2.05, 4.69) is 20.4 Å². The number of aliphatic hydroxyl groups excluding tert-OH is 1. The summed E-state index contributed by atoms with van der Waals surface area (Å²) in [5.41, 5.74) is 1.14. The van der Waals surface area contributed by atoms with Crippen molar-refractivity contribution in [3.63, 3.8) is 0 Å². The maximum Gasteiger partial charge on any atom is 0.256 e. The third-order valence-electron chi connectivity index (χ3n) is 5.11. The number of nitrogens with zero attached hydrogens (tertiary/aromatic N) is 5. The largest absolute Gasteiger partial charge is 0.486 e. The van der Waals surface area contributed by atoms with Gasteiger partial charge in [0.2, 0.25) is 5.88 Å². The van der Waals surface area contributed by atoms with Crippen LogP contribution in [0.5, 0.6) is 11.6 Å². The molecule has 0 aliphatic carbocycles. The number of ether oxygens (including phenoxy) is 2. The van der Waals surface area contributed by atoms with E-state index in [9.17, 15) is 14.3 Å². The fourth-order valence-corrected chi connectivity index (χ4v) is 3.53. The highest BCUT2D eigenvalue weighted by molar-refractivity contribution is 5.99. The molecule has 3 aromatic heterocycles. The molecule has 3 aromatic rings. The Balaban J connectivity index is 1.67. The normalized spacial score (nSPS) is 21.4. The minimum Gasteiger partial charge on any atom is -0.486 e. The molecule has 10 nitrogen and oxygen atoms in total. The topological polar surface area (TPSA) is 114 Å². The summed E-state index contributed by atoms with van der Waals surface area (Å²) in [6, 6.07) is 1.27. The van der Waals surface area contributed by atoms with Gasteiger partial charge in [0.05, 0.1) is 31.2 Å². The van der Waals surface area contributed by atoms with Gasteiger partial charge in [-0.2, -0.15) is 5.10 Å². The van der Waals surface area contributed by atoms with Gasteiger partial charge < -0.3 is 24.8 Å². The van der Waals surface area contributed by atoms with Crippen molar-refractivity contribution in [1.29, 1.82) is 0 Å². The van der Waals surface area contributed by atoms with Gasteiger partial charge in [0, 0.05) is 12.1 Å². The minimum absolute atomic E-state index is 0.0378. The number of hydrogen-bond donors (Lipinski definition) is 2. The average molecular weight is 414 g/mol. The van der Waals surface area contributed by atoms with E-state index in [4.69, 9.17) is 9.47 Å². The summed E-state index contributed by atoms with van der Waals surface area (Å²) < 4.78 is 26.9. The van der Waals surface area contributed by atoms with Gasteiger partial charge in [-0.15, -0.1) is 0 Å². The van der Waals surface area contributed by atoms with Crippen molar-refractivity contribution in [3.8, 4) is 11.6 Å². The molecule has 11 heteroatoms. The summed E-state index contributed by atoms with van der Waals surface area (Å²) in [6.07, 6.45) is 3.17. The van der Waals surface area contributed by atoms with Gasteiger partial charge in [0.25, 0.3) is 5.91 Å². The number of hydrogen-bond acceptors (Lipinski definition) is 8. The molecular weight excluding hydrogens is 395 g/mol. The zero-order valence-corrected chi connectivity index (χ0v) is 16.1. The molecule has 2 atom stereocenters. The number of halogens is 1. The van der Waals surface area contributed by atoms with Crippen molar-refractivity contribution in [2.75, 3.05) is 24.7 Å². The maximum absolute atomic E-state index is 13.9. The molecule has 0 unspecified atom stereocenters. The Morgan fingerprint density at radius 3 is 3.03 bits per heavy atom. The number of amides is 1. The smallest absolute Gasteiger partial charge is 0.256 e. The van der Waals surface area contributed by atoms with Crippen molar-refractivity contribution in [1.82, 2.24) is 24.9 Å². The van der Waals surface area contributed by atoms with Crippen LogP contribution in [0.25, 0.3) is 5.65 Å². The third kappa shape index (κ3) is 3.16. The highest BCUT2D eigenvalue weighted by Gasteiger charge is 2.30. The first-order chi connectivity index (χ1) is 14.5. The van der Waals surface area contributed by atoms with E-state index in [-0.39, 0.29) is 37.2 Å². The molecule has 30 heavy (non-hydrogen) atoms. The van der Waals surface area contributed by atoms with E-state index in [1.54, 1.807) is 6.20 Å². The van der Waals surface area contributed by atoms with Crippen LogP contribution in [0.4, 0.5) is 10.2 Å². The molecule has 156 valence electrons. The van der Waals surface area contributed by atoms with E-state index >= 15 is 0 Å². The highest BCUT2D eigenvalue weighted by Crippen LogP contribution is 2.35. The summed E-state index contributed by atoms with van der Waals surface area (Å²) >= 11 is 0. The Morgan fingerprint density at radius 1 is 1.30 bits per heavy atom. The molecule has 0 radical (unpaired) electrons. The number of nitrogens with one attached hydrogen (secondary N) is 1. The van der Waals surface area contributed by atoms with Crippen LogP contribution in [0.2, 0.25) is 0 Å². The fraction of sp³-hybridized carbons (Fsp3) is 0.368. The number of anilines is 1. The molecule has 0 saturated heterocycles. The van der Waals surface area contributed by atoms with Crippen LogP contribution in [0.15, 0.2) is 24.7 Å². The van der Waals surface area contributed by atoms with Gasteiger partial charge >= 0.3 is 0 Å². The van der Waals surface area contributed by atoms with Gasteiger partial charge in [-0.3, -0.25) is 4.79 Å². The predicted octanol–water partition coefficient (Wildman–Crippen LogP) is 0.534. The summed E-state index contributed by atoms with van der Waals surface area (Å²) in [7, 11) is 0. The molecule has 0 fully saturated rings. The molecule has 2 bridgehead atoms. The zero-order valence-electron chi connectivity index (χ0n) is 16.1. The Hall–Kier alpha value is -3.47. The first-order valence-electron chi connectivity index (χ1n) is 9.51. The molecule has 5 heterocycles. The van der Waals surface area contributed by atoms with E-state index in [1.165, 1.54) is 16.8 Å². The van der Waals surface area contributed by atoms with Crippen molar-refractivity contribution in [2.45, 2.75) is 25.6 Å². The number of carbonyl (C=O) groups is 1. The van der Waals surface area contributed by atoms with Gasteiger partial charge in [-0.05, 0) is 13.0 Å². The molecule has 0 spiro atoms. The molecule has 0 aromatic carbocycles. The van der Waals surface area contributed by atoms with Crippen LogP contribution in [0.1, 0.15) is 22.8 Å². The second-order valence-corrected chi connectivity index (χ2v) is 7.34. The Kier molecular flexibility index (Phi) is 4.39. The summed E-state index contributed by atoms with van der Waals surface area (Å²) in [6.45, 7) is 2.46. The Labute approximate surface area is 170 Å². The van der Waals surface area contributed by atoms with Gasteiger partial charge in [0.1, 0.15) is 30.7 Å². The van der Waals surface area contributed by atoms with Crippen LogP contribution >= 0.6 is 0 Å². The van der Waals surface area contributed by atoms with Gasteiger partial charge in [0.15, 0.2) is 17.2 Å². The number of aliphatic hydroxyl groups is 1. The fourth-order valence-electron chi connectivity index (χ4n) is 3.53. The first kappa shape index (κ1) is 18.6. The van der Waals surface area contributed by atoms with E-state index < -0.39 is 17.8 Å². The van der Waals surface area contributed by atoms with E-state index in [1.807, 2.05) is 11.8 Å². The number of rotatable bonds is 0. The lowest BCUT2D eigenvalue weighted by molar-refractivity contribution is 0.0835. The molecule has 2 aliphatic rings. The average Bonchev–Trinajstić information content (AvgIpc) is 3.14. The summed E-state index contributed by atoms with van der Waals surface area (Å²) in [4.78, 5) is 23.2. The van der Waals surface area contributed by atoms with Crippen LogP contribution in [-0.2, 0) is 6.54 Å². The van der Waals surface area contributed by atoms with Crippen LogP contribution < -0.4 is 19.7 Å². The second-order valence-electron chi connectivity index (χ2n) is 7.34. The summed E-state index contributed by atoms with van der Waals surface area (Å²) in [5, 5.41) is 17.0. The van der Waals surface area contributed by atoms with E-state index in [0.717, 1.165) is 6.20 Å². The van der Waals surface area contributed by atoms with Crippen LogP contribution in [0.3, 0.4) is 0 Å². The van der Waals surface area contributed by atoms with Crippen LogP contribution in [0, 0.1) is 5.82 Å². The van der Waals surface area contributed by atoms with Gasteiger partial charge in [-0.1, -0.05) is 0 Å². The molecule has 5 rings (SSSR count). The van der Waals surface area contributed by atoms with Crippen LogP contribution in [-0.4, -0.2) is 62.5 Å². The van der Waals surface area contributed by atoms with Crippen molar-refractivity contribution in [2.24, 2.45) is 0 Å².